The zero-order valence-corrected chi connectivity index (χ0v) is 15.4. The number of rotatable bonds is 5. The van der Waals surface area contributed by atoms with Crippen molar-refractivity contribution in [1.29, 1.82) is 0 Å². The smallest absolute Gasteiger partial charge is 0.274 e. The molecule has 0 atom stereocenters. The van der Waals surface area contributed by atoms with Gasteiger partial charge in [-0.2, -0.15) is 10.2 Å². The molecule has 0 unspecified atom stereocenters. The molecule has 0 bridgehead atoms. The van der Waals surface area contributed by atoms with Crippen molar-refractivity contribution in [2.75, 3.05) is 0 Å². The van der Waals surface area contributed by atoms with E-state index in [9.17, 15) is 4.79 Å². The summed E-state index contributed by atoms with van der Waals surface area (Å²) in [5.74, 6) is 0.992. The minimum Gasteiger partial charge on any atom is -0.466 e. The summed E-state index contributed by atoms with van der Waals surface area (Å²) >= 11 is 0. The van der Waals surface area contributed by atoms with Gasteiger partial charge in [-0.05, 0) is 39.3 Å². The van der Waals surface area contributed by atoms with E-state index < -0.39 is 0 Å². The Labute approximate surface area is 152 Å². The lowest BCUT2D eigenvalue weighted by molar-refractivity contribution is 0.0953. The Hall–Kier alpha value is -3.15. The Morgan fingerprint density at radius 1 is 1.23 bits per heavy atom. The van der Waals surface area contributed by atoms with Gasteiger partial charge in [-0.25, -0.2) is 5.43 Å². The SMILES string of the molecule is Cc1cc(C(=O)N/N=C\c2c(C)nn(Cc3ccccc3)c2C)c(C)o1. The summed E-state index contributed by atoms with van der Waals surface area (Å²) in [6.07, 6.45) is 1.64. The highest BCUT2D eigenvalue weighted by Gasteiger charge is 2.13. The molecule has 0 radical (unpaired) electrons. The quantitative estimate of drug-likeness (QED) is 0.565. The summed E-state index contributed by atoms with van der Waals surface area (Å²) in [6, 6.07) is 11.9. The standard InChI is InChI=1S/C20H22N4O2/c1-13-10-18(16(4)26-13)20(25)22-21-11-19-14(2)23-24(15(19)3)12-17-8-6-5-7-9-17/h5-11H,12H2,1-4H3,(H,22,25)/b21-11-. The third-order valence-corrected chi connectivity index (χ3v) is 4.26. The van der Waals surface area contributed by atoms with Crippen LogP contribution in [0.3, 0.4) is 0 Å². The number of nitrogens with zero attached hydrogens (tertiary/aromatic N) is 3. The predicted octanol–water partition coefficient (Wildman–Crippen LogP) is 3.52. The van der Waals surface area contributed by atoms with E-state index in [1.807, 2.05) is 36.7 Å². The Morgan fingerprint density at radius 3 is 2.62 bits per heavy atom. The zero-order valence-electron chi connectivity index (χ0n) is 15.4. The number of benzene rings is 1. The largest absolute Gasteiger partial charge is 0.466 e. The van der Waals surface area contributed by atoms with Crippen LogP contribution < -0.4 is 5.43 Å². The summed E-state index contributed by atoms with van der Waals surface area (Å²) in [7, 11) is 0. The predicted molar refractivity (Wildman–Crippen MR) is 100 cm³/mol. The average Bonchev–Trinajstić information content (AvgIpc) is 3.08. The molecule has 0 fully saturated rings. The summed E-state index contributed by atoms with van der Waals surface area (Å²) in [5, 5.41) is 8.67. The first-order chi connectivity index (χ1) is 12.5. The van der Waals surface area contributed by atoms with Gasteiger partial charge >= 0.3 is 0 Å². The van der Waals surface area contributed by atoms with E-state index in [0.29, 0.717) is 23.6 Å². The Kier molecular flexibility index (Phi) is 5.02. The van der Waals surface area contributed by atoms with E-state index in [2.05, 4.69) is 27.8 Å². The first kappa shape index (κ1) is 17.7. The highest BCUT2D eigenvalue weighted by Crippen LogP contribution is 2.14. The number of hydrogen-bond acceptors (Lipinski definition) is 4. The second kappa shape index (κ2) is 7.39. The molecule has 0 saturated carbocycles. The fraction of sp³-hybridized carbons (Fsp3) is 0.250. The van der Waals surface area contributed by atoms with Crippen LogP contribution in [0, 0.1) is 27.7 Å². The molecule has 0 saturated heterocycles. The van der Waals surface area contributed by atoms with Crippen molar-refractivity contribution < 1.29 is 9.21 Å². The monoisotopic (exact) mass is 350 g/mol. The number of carbonyl (C=O) groups is 1. The van der Waals surface area contributed by atoms with Crippen LogP contribution in [0.5, 0.6) is 0 Å². The highest BCUT2D eigenvalue weighted by molar-refractivity contribution is 5.96. The number of amides is 1. The van der Waals surface area contributed by atoms with Gasteiger partial charge in [-0.15, -0.1) is 0 Å². The fourth-order valence-corrected chi connectivity index (χ4v) is 2.88. The van der Waals surface area contributed by atoms with Gasteiger partial charge in [-0.1, -0.05) is 30.3 Å². The van der Waals surface area contributed by atoms with Gasteiger partial charge in [0.15, 0.2) is 0 Å². The van der Waals surface area contributed by atoms with Gasteiger partial charge < -0.3 is 4.42 Å². The Morgan fingerprint density at radius 2 is 1.96 bits per heavy atom. The summed E-state index contributed by atoms with van der Waals surface area (Å²) < 4.78 is 7.31. The third kappa shape index (κ3) is 3.74. The number of nitrogens with one attached hydrogen (secondary N) is 1. The van der Waals surface area contributed by atoms with Crippen LogP contribution in [0.2, 0.25) is 0 Å². The van der Waals surface area contributed by atoms with E-state index in [4.69, 9.17) is 4.42 Å². The number of aryl methyl sites for hydroxylation is 3. The van der Waals surface area contributed by atoms with E-state index >= 15 is 0 Å². The highest BCUT2D eigenvalue weighted by atomic mass is 16.3. The summed E-state index contributed by atoms with van der Waals surface area (Å²) in [5.41, 5.74) is 6.99. The first-order valence-electron chi connectivity index (χ1n) is 8.44. The maximum atomic E-state index is 12.2. The molecule has 6 heteroatoms. The van der Waals surface area contributed by atoms with Crippen molar-refractivity contribution in [3.8, 4) is 0 Å². The second-order valence-electron chi connectivity index (χ2n) is 6.25. The van der Waals surface area contributed by atoms with Gasteiger partial charge in [0, 0.05) is 11.3 Å². The molecule has 3 rings (SSSR count). The fourth-order valence-electron chi connectivity index (χ4n) is 2.88. The molecule has 3 aromatic rings. The van der Waals surface area contributed by atoms with Gasteiger partial charge in [0.1, 0.15) is 11.5 Å². The van der Waals surface area contributed by atoms with E-state index in [1.54, 1.807) is 26.1 Å². The molecule has 0 aliphatic rings. The number of hydrazone groups is 1. The zero-order chi connectivity index (χ0) is 18.7. The van der Waals surface area contributed by atoms with Crippen LogP contribution in [0.4, 0.5) is 0 Å². The van der Waals surface area contributed by atoms with E-state index in [0.717, 1.165) is 17.0 Å². The number of furan rings is 1. The van der Waals surface area contributed by atoms with Crippen LogP contribution in [-0.4, -0.2) is 21.9 Å². The molecule has 0 spiro atoms. The van der Waals surface area contributed by atoms with Crippen molar-refractivity contribution >= 4 is 12.1 Å². The van der Waals surface area contributed by atoms with Crippen LogP contribution in [-0.2, 0) is 6.54 Å². The van der Waals surface area contributed by atoms with Crippen molar-refractivity contribution in [2.45, 2.75) is 34.2 Å². The van der Waals surface area contributed by atoms with Crippen molar-refractivity contribution in [2.24, 2.45) is 5.10 Å². The lowest BCUT2D eigenvalue weighted by atomic mass is 10.2. The molecule has 1 aromatic carbocycles. The maximum Gasteiger partial charge on any atom is 0.274 e. The molecule has 6 nitrogen and oxygen atoms in total. The minimum atomic E-state index is -0.289. The number of aromatic nitrogens is 2. The molecule has 0 aliphatic heterocycles. The van der Waals surface area contributed by atoms with Crippen LogP contribution in [0.1, 0.15) is 44.4 Å². The molecule has 1 N–H and O–H groups in total. The lowest BCUT2D eigenvalue weighted by Crippen LogP contribution is -2.17. The van der Waals surface area contributed by atoms with Crippen molar-refractivity contribution in [3.05, 3.63) is 76.0 Å². The molecule has 26 heavy (non-hydrogen) atoms. The van der Waals surface area contributed by atoms with Gasteiger partial charge in [0.25, 0.3) is 5.91 Å². The number of carbonyl (C=O) groups excluding carboxylic acids is 1. The van der Waals surface area contributed by atoms with Gasteiger partial charge in [0.05, 0.1) is 24.0 Å². The maximum absolute atomic E-state index is 12.2. The van der Waals surface area contributed by atoms with Gasteiger partial charge in [-0.3, -0.25) is 9.48 Å². The Bertz CT molecular complexity index is 952. The van der Waals surface area contributed by atoms with E-state index in [-0.39, 0.29) is 5.91 Å². The van der Waals surface area contributed by atoms with Crippen LogP contribution in [0.25, 0.3) is 0 Å². The van der Waals surface area contributed by atoms with Crippen LogP contribution in [0.15, 0.2) is 45.9 Å². The molecular formula is C20H22N4O2. The summed E-state index contributed by atoms with van der Waals surface area (Å²) in [6.45, 7) is 8.19. The first-order valence-corrected chi connectivity index (χ1v) is 8.44. The molecular weight excluding hydrogens is 328 g/mol. The molecule has 134 valence electrons. The average molecular weight is 350 g/mol. The lowest BCUT2D eigenvalue weighted by Gasteiger charge is -2.04. The minimum absolute atomic E-state index is 0.289. The van der Waals surface area contributed by atoms with Crippen molar-refractivity contribution in [3.63, 3.8) is 0 Å². The molecule has 1 amide bonds. The second-order valence-corrected chi connectivity index (χ2v) is 6.25. The van der Waals surface area contributed by atoms with Crippen LogP contribution >= 0.6 is 0 Å². The number of hydrogen-bond donors (Lipinski definition) is 1. The topological polar surface area (TPSA) is 72.4 Å². The molecule has 0 aliphatic carbocycles. The summed E-state index contributed by atoms with van der Waals surface area (Å²) in [4.78, 5) is 12.2. The Balaban J connectivity index is 1.72. The normalized spacial score (nSPS) is 11.2. The molecule has 2 aromatic heterocycles. The van der Waals surface area contributed by atoms with Gasteiger partial charge in [0.2, 0.25) is 0 Å². The van der Waals surface area contributed by atoms with Crippen molar-refractivity contribution in [1.82, 2.24) is 15.2 Å². The van der Waals surface area contributed by atoms with E-state index in [1.165, 1.54) is 5.56 Å². The molecule has 2 heterocycles. The third-order valence-electron chi connectivity index (χ3n) is 4.26.